The molecule has 2 N–H and O–H groups in total. The van der Waals surface area contributed by atoms with Crippen LogP contribution in [0.5, 0.6) is 0 Å². The summed E-state index contributed by atoms with van der Waals surface area (Å²) in [6.07, 6.45) is 8.12. The summed E-state index contributed by atoms with van der Waals surface area (Å²) in [5.41, 5.74) is 0.120. The number of halogens is 1. The summed E-state index contributed by atoms with van der Waals surface area (Å²) in [5.74, 6) is 8.26. The molecule has 0 aromatic heterocycles. The van der Waals surface area contributed by atoms with Crippen molar-refractivity contribution >= 4 is 12.4 Å². The van der Waals surface area contributed by atoms with E-state index >= 15 is 0 Å². The molecule has 0 unspecified atom stereocenters. The molecular weight excluding hydrogens is 186 g/mol. The highest BCUT2D eigenvalue weighted by Gasteiger charge is 2.51. The van der Waals surface area contributed by atoms with Crippen LogP contribution in [0.4, 0.5) is 0 Å². The number of rotatable bonds is 1. The zero-order valence-corrected chi connectivity index (χ0v) is 8.69. The zero-order chi connectivity index (χ0) is 8.18. The molecule has 76 valence electrons. The molecule has 3 heteroatoms. The van der Waals surface area contributed by atoms with Crippen LogP contribution in [0.1, 0.15) is 38.5 Å². The van der Waals surface area contributed by atoms with Crippen molar-refractivity contribution in [3.05, 3.63) is 0 Å². The minimum absolute atomic E-state index is 0. The first-order valence-electron chi connectivity index (χ1n) is 5.17. The second-order valence-electron chi connectivity index (χ2n) is 5.22. The lowest BCUT2D eigenvalue weighted by Gasteiger charge is -2.55. The van der Waals surface area contributed by atoms with Gasteiger partial charge in [-0.15, -0.1) is 12.4 Å². The Balaban J connectivity index is 0.000000653. The Morgan fingerprint density at radius 3 is 1.62 bits per heavy atom. The zero-order valence-electron chi connectivity index (χ0n) is 7.87. The summed E-state index contributed by atoms with van der Waals surface area (Å²) in [5, 5.41) is 0. The summed E-state index contributed by atoms with van der Waals surface area (Å²) in [6.45, 7) is 0. The Morgan fingerprint density at radius 1 is 0.923 bits per heavy atom. The van der Waals surface area contributed by atoms with Gasteiger partial charge in [0.25, 0.3) is 0 Å². The van der Waals surface area contributed by atoms with Crippen molar-refractivity contribution in [1.29, 1.82) is 0 Å². The molecule has 4 saturated carbocycles. The van der Waals surface area contributed by atoms with Gasteiger partial charge >= 0.3 is 0 Å². The summed E-state index contributed by atoms with van der Waals surface area (Å²) in [7, 11) is 0. The van der Waals surface area contributed by atoms with E-state index in [1.807, 2.05) is 0 Å². The van der Waals surface area contributed by atoms with E-state index in [1.54, 1.807) is 0 Å². The van der Waals surface area contributed by atoms with Gasteiger partial charge in [-0.1, -0.05) is 0 Å². The summed E-state index contributed by atoms with van der Waals surface area (Å²) >= 11 is 0. The van der Waals surface area contributed by atoms with Crippen LogP contribution < -0.4 is 5.90 Å². The second-order valence-corrected chi connectivity index (χ2v) is 5.22. The first-order valence-corrected chi connectivity index (χ1v) is 5.17. The third-order valence-electron chi connectivity index (χ3n) is 4.23. The highest BCUT2D eigenvalue weighted by Crippen LogP contribution is 2.56. The molecule has 0 amide bonds. The molecule has 4 aliphatic carbocycles. The Morgan fingerprint density at radius 2 is 1.31 bits per heavy atom. The van der Waals surface area contributed by atoms with Gasteiger partial charge in [-0.2, -0.15) is 0 Å². The largest absolute Gasteiger partial charge is 0.298 e. The lowest BCUT2D eigenvalue weighted by atomic mass is 9.54. The van der Waals surface area contributed by atoms with Gasteiger partial charge in [-0.25, -0.2) is 5.90 Å². The number of nitrogens with two attached hydrogens (primary N) is 1. The van der Waals surface area contributed by atoms with Crippen molar-refractivity contribution in [2.24, 2.45) is 23.7 Å². The molecular formula is C10H18ClNO. The van der Waals surface area contributed by atoms with Gasteiger partial charge < -0.3 is 0 Å². The molecule has 0 aliphatic heterocycles. The molecule has 0 heterocycles. The molecule has 0 radical (unpaired) electrons. The van der Waals surface area contributed by atoms with Crippen molar-refractivity contribution in [1.82, 2.24) is 0 Å². The fourth-order valence-electron chi connectivity index (χ4n) is 4.18. The maximum absolute atomic E-state index is 5.43. The van der Waals surface area contributed by atoms with Gasteiger partial charge in [-0.3, -0.25) is 4.84 Å². The predicted octanol–water partition coefficient (Wildman–Crippen LogP) is 2.27. The number of hydrogen-bond donors (Lipinski definition) is 1. The van der Waals surface area contributed by atoms with E-state index in [0.29, 0.717) is 0 Å². The molecule has 0 saturated heterocycles. The molecule has 0 spiro atoms. The minimum Gasteiger partial charge on any atom is -0.298 e. The number of hydrogen-bond acceptors (Lipinski definition) is 2. The van der Waals surface area contributed by atoms with Gasteiger partial charge in [-0.05, 0) is 56.3 Å². The molecule has 13 heavy (non-hydrogen) atoms. The van der Waals surface area contributed by atoms with E-state index in [2.05, 4.69) is 0 Å². The normalized spacial score (nSPS) is 51.9. The van der Waals surface area contributed by atoms with Gasteiger partial charge in [0.2, 0.25) is 0 Å². The Hall–Kier alpha value is 0.210. The predicted molar refractivity (Wildman–Crippen MR) is 53.4 cm³/mol. The van der Waals surface area contributed by atoms with E-state index < -0.39 is 0 Å². The second kappa shape index (κ2) is 3.11. The van der Waals surface area contributed by atoms with Crippen LogP contribution in [0.2, 0.25) is 0 Å². The van der Waals surface area contributed by atoms with E-state index in [1.165, 1.54) is 38.5 Å². The Bertz CT molecular complexity index is 172. The lowest BCUT2D eigenvalue weighted by molar-refractivity contribution is -0.164. The van der Waals surface area contributed by atoms with Crippen LogP contribution in [-0.4, -0.2) is 5.60 Å². The summed E-state index contributed by atoms with van der Waals surface area (Å²) in [6, 6.07) is 0. The quantitative estimate of drug-likeness (QED) is 0.664. The van der Waals surface area contributed by atoms with E-state index in [9.17, 15) is 0 Å². The Kier molecular flexibility index (Phi) is 2.33. The monoisotopic (exact) mass is 203 g/mol. The van der Waals surface area contributed by atoms with Crippen molar-refractivity contribution in [2.45, 2.75) is 44.1 Å². The van der Waals surface area contributed by atoms with E-state index in [-0.39, 0.29) is 18.0 Å². The topological polar surface area (TPSA) is 35.2 Å². The average molecular weight is 204 g/mol. The van der Waals surface area contributed by atoms with Crippen molar-refractivity contribution in [3.63, 3.8) is 0 Å². The third kappa shape index (κ3) is 1.39. The highest BCUT2D eigenvalue weighted by atomic mass is 35.5. The Labute approximate surface area is 85.6 Å². The smallest absolute Gasteiger partial charge is 0.0901 e. The summed E-state index contributed by atoms with van der Waals surface area (Å²) < 4.78 is 0. The minimum atomic E-state index is 0. The molecule has 4 bridgehead atoms. The highest BCUT2D eigenvalue weighted by molar-refractivity contribution is 5.85. The molecule has 4 aliphatic rings. The standard InChI is InChI=1S/C10H17NO.ClH/c11-12-10-4-7-1-8(5-10)3-9(2-7)6-10;/h7-9H,1-6,11H2;1H. The van der Waals surface area contributed by atoms with Crippen LogP contribution in [-0.2, 0) is 4.84 Å². The first kappa shape index (κ1) is 9.75. The first-order chi connectivity index (χ1) is 5.80. The SMILES string of the molecule is Cl.NOC12CC3CC(CC(C3)C1)C2. The molecule has 0 aromatic carbocycles. The molecule has 0 atom stereocenters. The van der Waals surface area contributed by atoms with Gasteiger partial charge in [0, 0.05) is 0 Å². The van der Waals surface area contributed by atoms with E-state index in [4.69, 9.17) is 10.7 Å². The van der Waals surface area contributed by atoms with Crippen LogP contribution in [0, 0.1) is 17.8 Å². The molecule has 4 rings (SSSR count). The lowest BCUT2D eigenvalue weighted by Crippen LogP contribution is -2.53. The maximum Gasteiger partial charge on any atom is 0.0901 e. The van der Waals surface area contributed by atoms with E-state index in [0.717, 1.165) is 17.8 Å². The van der Waals surface area contributed by atoms with Gasteiger partial charge in [0.05, 0.1) is 5.60 Å². The van der Waals surface area contributed by atoms with Crippen LogP contribution in [0.15, 0.2) is 0 Å². The fraction of sp³-hybridized carbons (Fsp3) is 1.00. The molecule has 4 fully saturated rings. The van der Waals surface area contributed by atoms with Gasteiger partial charge in [0.15, 0.2) is 0 Å². The van der Waals surface area contributed by atoms with Crippen molar-refractivity contribution in [2.75, 3.05) is 0 Å². The summed E-state index contributed by atoms with van der Waals surface area (Å²) in [4.78, 5) is 5.25. The van der Waals surface area contributed by atoms with Crippen molar-refractivity contribution < 1.29 is 4.84 Å². The van der Waals surface area contributed by atoms with Crippen LogP contribution in [0.3, 0.4) is 0 Å². The van der Waals surface area contributed by atoms with Crippen LogP contribution >= 0.6 is 12.4 Å². The molecule has 2 nitrogen and oxygen atoms in total. The van der Waals surface area contributed by atoms with Crippen LogP contribution in [0.25, 0.3) is 0 Å². The third-order valence-corrected chi connectivity index (χ3v) is 4.23. The molecule has 0 aromatic rings. The van der Waals surface area contributed by atoms with Gasteiger partial charge in [0.1, 0.15) is 0 Å². The van der Waals surface area contributed by atoms with Crippen molar-refractivity contribution in [3.8, 4) is 0 Å². The average Bonchev–Trinajstić information content (AvgIpc) is 2.02. The maximum atomic E-state index is 5.43. The fourth-order valence-corrected chi connectivity index (χ4v) is 4.18.